The van der Waals surface area contributed by atoms with E-state index in [9.17, 15) is 14.0 Å². The molecule has 142 valence electrons. The van der Waals surface area contributed by atoms with Gasteiger partial charge in [0.1, 0.15) is 23.0 Å². The molecule has 2 aromatic heterocycles. The molecule has 1 amide bonds. The molecule has 1 aromatic carbocycles. The van der Waals surface area contributed by atoms with E-state index >= 15 is 0 Å². The summed E-state index contributed by atoms with van der Waals surface area (Å²) in [6.45, 7) is 0.667. The number of ether oxygens (including phenoxy) is 1. The number of nitrogens with zero attached hydrogens (tertiary/aromatic N) is 3. The van der Waals surface area contributed by atoms with Crippen LogP contribution in [0.2, 0.25) is 0 Å². The quantitative estimate of drug-likeness (QED) is 0.649. The fourth-order valence-corrected chi connectivity index (χ4v) is 3.17. The van der Waals surface area contributed by atoms with Crippen LogP contribution >= 0.6 is 0 Å². The molecule has 0 N–H and O–H groups in total. The predicted molar refractivity (Wildman–Crippen MR) is 95.9 cm³/mol. The Labute approximate surface area is 159 Å². The molecule has 0 saturated carbocycles. The number of pyridine rings is 1. The largest absolute Gasteiger partial charge is 0.465 e. The number of carbonyl (C=O) groups excluding carboxylic acids is 2. The molecule has 1 aliphatic heterocycles. The molecule has 7 nitrogen and oxygen atoms in total. The van der Waals surface area contributed by atoms with Gasteiger partial charge in [-0.25, -0.2) is 9.18 Å². The zero-order valence-electron chi connectivity index (χ0n) is 15.0. The van der Waals surface area contributed by atoms with Crippen LogP contribution in [0.15, 0.2) is 47.1 Å². The van der Waals surface area contributed by atoms with Gasteiger partial charge in [0, 0.05) is 30.3 Å². The van der Waals surface area contributed by atoms with Crippen molar-refractivity contribution in [2.75, 3.05) is 13.7 Å². The van der Waals surface area contributed by atoms with Gasteiger partial charge in [-0.05, 0) is 24.3 Å². The van der Waals surface area contributed by atoms with E-state index < -0.39 is 11.8 Å². The highest BCUT2D eigenvalue weighted by Crippen LogP contribution is 2.31. The number of amides is 1. The Hall–Kier alpha value is -3.55. The minimum absolute atomic E-state index is 0.208. The first-order valence-corrected chi connectivity index (χ1v) is 8.64. The zero-order chi connectivity index (χ0) is 19.7. The second kappa shape index (κ2) is 7.22. The van der Waals surface area contributed by atoms with Crippen LogP contribution in [0.25, 0.3) is 11.3 Å². The Morgan fingerprint density at radius 2 is 2.04 bits per heavy atom. The van der Waals surface area contributed by atoms with Crippen LogP contribution in [0.1, 0.15) is 32.2 Å². The number of hydrogen-bond acceptors (Lipinski definition) is 6. The molecule has 0 atom stereocenters. The number of aromatic nitrogens is 2. The molecule has 0 aliphatic carbocycles. The number of carbonyl (C=O) groups is 2. The van der Waals surface area contributed by atoms with Crippen LogP contribution < -0.4 is 0 Å². The van der Waals surface area contributed by atoms with Crippen molar-refractivity contribution < 1.29 is 23.2 Å². The van der Waals surface area contributed by atoms with Crippen molar-refractivity contribution >= 4 is 11.9 Å². The summed E-state index contributed by atoms with van der Waals surface area (Å²) in [7, 11) is 1.28. The second-order valence-corrected chi connectivity index (χ2v) is 6.31. The van der Waals surface area contributed by atoms with Gasteiger partial charge in [-0.15, -0.1) is 0 Å². The van der Waals surface area contributed by atoms with Crippen molar-refractivity contribution in [3.63, 3.8) is 0 Å². The van der Waals surface area contributed by atoms with Crippen molar-refractivity contribution in [2.45, 2.75) is 13.0 Å². The Kier molecular flexibility index (Phi) is 4.60. The van der Waals surface area contributed by atoms with Crippen LogP contribution in [-0.4, -0.2) is 40.6 Å². The lowest BCUT2D eigenvalue weighted by Gasteiger charge is -2.26. The molecule has 0 unspecified atom stereocenters. The number of esters is 1. The van der Waals surface area contributed by atoms with Crippen molar-refractivity contribution in [2.24, 2.45) is 0 Å². The lowest BCUT2D eigenvalue weighted by atomic mass is 10.0. The number of rotatable bonds is 3. The monoisotopic (exact) mass is 381 g/mol. The van der Waals surface area contributed by atoms with Gasteiger partial charge in [0.25, 0.3) is 5.91 Å². The van der Waals surface area contributed by atoms with Crippen LogP contribution in [0, 0.1) is 5.82 Å². The first-order valence-electron chi connectivity index (χ1n) is 8.64. The maximum Gasteiger partial charge on any atom is 0.339 e. The highest BCUT2D eigenvalue weighted by molar-refractivity contribution is 5.94. The number of fused-ring (bicyclic) bond motifs is 1. The van der Waals surface area contributed by atoms with Gasteiger partial charge in [0.15, 0.2) is 0 Å². The standard InChI is InChI=1S/C20H16FN3O4/c1-27-20(26)12-6-7-16(22-10-12)19(25)24-9-8-17-14(11-24)18(23-28-17)13-4-2-3-5-15(13)21/h2-7,10H,8-9,11H2,1H3. The Bertz CT molecular complexity index is 1050. The first-order chi connectivity index (χ1) is 13.6. The summed E-state index contributed by atoms with van der Waals surface area (Å²) in [5.74, 6) is -0.561. The maximum atomic E-state index is 14.2. The molecule has 3 aromatic rings. The summed E-state index contributed by atoms with van der Waals surface area (Å²) < 4.78 is 24.2. The Balaban J connectivity index is 1.59. The number of hydrogen-bond donors (Lipinski definition) is 0. The fourth-order valence-electron chi connectivity index (χ4n) is 3.17. The molecular weight excluding hydrogens is 365 g/mol. The van der Waals surface area contributed by atoms with Gasteiger partial charge < -0.3 is 14.2 Å². The molecule has 8 heteroatoms. The van der Waals surface area contributed by atoms with Gasteiger partial charge in [-0.1, -0.05) is 17.3 Å². The molecule has 0 fully saturated rings. The number of benzene rings is 1. The van der Waals surface area contributed by atoms with Crippen LogP contribution in [0.3, 0.4) is 0 Å². The smallest absolute Gasteiger partial charge is 0.339 e. The summed E-state index contributed by atoms with van der Waals surface area (Å²) >= 11 is 0. The van der Waals surface area contributed by atoms with Crippen LogP contribution in [0.4, 0.5) is 4.39 Å². The van der Waals surface area contributed by atoms with E-state index in [4.69, 9.17) is 4.52 Å². The number of methoxy groups -OCH3 is 1. The van der Waals surface area contributed by atoms with E-state index in [1.165, 1.54) is 31.5 Å². The summed E-state index contributed by atoms with van der Waals surface area (Å²) in [5.41, 5.74) is 1.90. The fraction of sp³-hybridized carbons (Fsp3) is 0.200. The maximum absolute atomic E-state index is 14.2. The van der Waals surface area contributed by atoms with Gasteiger partial charge >= 0.3 is 5.97 Å². The normalized spacial score (nSPS) is 13.1. The van der Waals surface area contributed by atoms with Gasteiger partial charge in [-0.2, -0.15) is 0 Å². The molecule has 1 aliphatic rings. The van der Waals surface area contributed by atoms with Crippen molar-refractivity contribution in [3.05, 3.63) is 71.0 Å². The van der Waals surface area contributed by atoms with E-state index in [0.717, 1.165) is 0 Å². The molecule has 3 heterocycles. The Morgan fingerprint density at radius 1 is 1.21 bits per heavy atom. The molecular formula is C20H16FN3O4. The highest BCUT2D eigenvalue weighted by Gasteiger charge is 2.29. The van der Waals surface area contributed by atoms with E-state index in [1.54, 1.807) is 23.1 Å². The van der Waals surface area contributed by atoms with E-state index in [2.05, 4.69) is 14.9 Å². The van der Waals surface area contributed by atoms with Crippen molar-refractivity contribution in [3.8, 4) is 11.3 Å². The molecule has 0 bridgehead atoms. The average molecular weight is 381 g/mol. The summed E-state index contributed by atoms with van der Waals surface area (Å²) in [6.07, 6.45) is 1.78. The third-order valence-corrected chi connectivity index (χ3v) is 4.65. The summed E-state index contributed by atoms with van der Waals surface area (Å²) in [4.78, 5) is 30.0. The van der Waals surface area contributed by atoms with E-state index in [0.29, 0.717) is 35.5 Å². The topological polar surface area (TPSA) is 85.5 Å². The molecule has 0 saturated heterocycles. The summed E-state index contributed by atoms with van der Waals surface area (Å²) in [5, 5.41) is 4.02. The number of halogens is 1. The van der Waals surface area contributed by atoms with Crippen LogP contribution in [-0.2, 0) is 17.7 Å². The van der Waals surface area contributed by atoms with Crippen LogP contribution in [0.5, 0.6) is 0 Å². The van der Waals surface area contributed by atoms with Gasteiger partial charge in [-0.3, -0.25) is 9.78 Å². The van der Waals surface area contributed by atoms with Gasteiger partial charge in [0.2, 0.25) is 0 Å². The van der Waals surface area contributed by atoms with E-state index in [-0.39, 0.29) is 23.7 Å². The first kappa shape index (κ1) is 17.8. The van der Waals surface area contributed by atoms with Crippen molar-refractivity contribution in [1.29, 1.82) is 0 Å². The zero-order valence-corrected chi connectivity index (χ0v) is 15.0. The highest BCUT2D eigenvalue weighted by atomic mass is 19.1. The minimum atomic E-state index is -0.520. The third kappa shape index (κ3) is 3.13. The Morgan fingerprint density at radius 3 is 2.75 bits per heavy atom. The summed E-state index contributed by atoms with van der Waals surface area (Å²) in [6, 6.07) is 9.28. The average Bonchev–Trinajstić information content (AvgIpc) is 3.16. The predicted octanol–water partition coefficient (Wildman–Crippen LogP) is 2.86. The molecule has 0 radical (unpaired) electrons. The lowest BCUT2D eigenvalue weighted by Crippen LogP contribution is -2.36. The second-order valence-electron chi connectivity index (χ2n) is 6.31. The molecule has 4 rings (SSSR count). The van der Waals surface area contributed by atoms with Crippen molar-refractivity contribution in [1.82, 2.24) is 15.0 Å². The van der Waals surface area contributed by atoms with E-state index in [1.807, 2.05) is 0 Å². The SMILES string of the molecule is COC(=O)c1ccc(C(=O)N2CCc3onc(-c4ccccc4F)c3C2)nc1. The molecule has 28 heavy (non-hydrogen) atoms. The lowest BCUT2D eigenvalue weighted by molar-refractivity contribution is 0.0598. The van der Waals surface area contributed by atoms with Gasteiger partial charge in [0.05, 0.1) is 19.2 Å². The minimum Gasteiger partial charge on any atom is -0.465 e. The molecule has 0 spiro atoms. The third-order valence-electron chi connectivity index (χ3n) is 4.65.